The Kier molecular flexibility index (Phi) is 5.21. The summed E-state index contributed by atoms with van der Waals surface area (Å²) in [6.45, 7) is 1.86. The van der Waals surface area contributed by atoms with Gasteiger partial charge in [-0.15, -0.1) is 0 Å². The van der Waals surface area contributed by atoms with E-state index in [0.29, 0.717) is 29.5 Å². The molecule has 1 fully saturated rings. The maximum Gasteiger partial charge on any atom is 0.325 e. The summed E-state index contributed by atoms with van der Waals surface area (Å²) < 4.78 is 0. The van der Waals surface area contributed by atoms with Gasteiger partial charge in [0.15, 0.2) is 0 Å². The van der Waals surface area contributed by atoms with E-state index < -0.39 is 22.4 Å². The molecule has 0 spiro atoms. The molecule has 5 amide bonds. The Morgan fingerprint density at radius 3 is 1.94 bits per heavy atom. The number of rotatable bonds is 7. The molecule has 10 heteroatoms. The smallest absolute Gasteiger partial charge is 0.319 e. The number of nitrogens with zero attached hydrogens (tertiary/aromatic N) is 3. The maximum absolute atomic E-state index is 13.0. The number of imide groups is 2. The second-order valence-electron chi connectivity index (χ2n) is 7.83. The minimum atomic E-state index is -1.32. The van der Waals surface area contributed by atoms with Crippen molar-refractivity contribution in [1.29, 1.82) is 0 Å². The molecule has 2 aromatic carbocycles. The summed E-state index contributed by atoms with van der Waals surface area (Å²) in [5.41, 5.74) is -0.237. The largest absolute Gasteiger partial charge is 0.325 e. The predicted molar refractivity (Wildman–Crippen MR) is 112 cm³/mol. The summed E-state index contributed by atoms with van der Waals surface area (Å²) in [6, 6.07) is 11.5. The van der Waals surface area contributed by atoms with Gasteiger partial charge < -0.3 is 5.32 Å². The Labute approximate surface area is 182 Å². The van der Waals surface area contributed by atoms with Gasteiger partial charge in [0.1, 0.15) is 5.54 Å². The van der Waals surface area contributed by atoms with Gasteiger partial charge in [-0.2, -0.15) is 0 Å². The van der Waals surface area contributed by atoms with Crippen LogP contribution in [0.5, 0.6) is 0 Å². The fourth-order valence-electron chi connectivity index (χ4n) is 3.99. The lowest BCUT2D eigenvalue weighted by molar-refractivity contribution is -0.384. The molecule has 2 aromatic rings. The summed E-state index contributed by atoms with van der Waals surface area (Å²) in [7, 11) is 0. The molecule has 4 rings (SSSR count). The number of hydrogen-bond acceptors (Lipinski definition) is 6. The molecule has 1 atom stereocenters. The third-order valence-electron chi connectivity index (χ3n) is 5.82. The second-order valence-corrected chi connectivity index (χ2v) is 7.83. The third kappa shape index (κ3) is 3.39. The third-order valence-corrected chi connectivity index (χ3v) is 5.82. The molecule has 2 heterocycles. The molecule has 1 saturated heterocycles. The van der Waals surface area contributed by atoms with Crippen LogP contribution in [-0.4, -0.2) is 51.6 Å². The van der Waals surface area contributed by atoms with Gasteiger partial charge in [0.05, 0.1) is 16.1 Å². The van der Waals surface area contributed by atoms with Crippen LogP contribution in [-0.2, 0) is 10.3 Å². The number of hydrogen-bond donors (Lipinski definition) is 1. The number of nitro groups is 1. The van der Waals surface area contributed by atoms with E-state index in [2.05, 4.69) is 5.32 Å². The summed E-state index contributed by atoms with van der Waals surface area (Å²) in [4.78, 5) is 62.7. The van der Waals surface area contributed by atoms with Gasteiger partial charge in [-0.1, -0.05) is 12.1 Å². The lowest BCUT2D eigenvalue weighted by atomic mass is 9.92. The fraction of sp³-hybridized carbons (Fsp3) is 0.273. The van der Waals surface area contributed by atoms with Gasteiger partial charge in [-0.3, -0.25) is 34.3 Å². The number of fused-ring (bicyclic) bond motifs is 1. The molecule has 2 aliphatic rings. The lowest BCUT2D eigenvalue weighted by Gasteiger charge is -2.22. The molecule has 2 aliphatic heterocycles. The number of unbranched alkanes of at least 4 members (excludes halogenated alkanes) is 1. The zero-order chi connectivity index (χ0) is 23.0. The number of amides is 5. The zero-order valence-electron chi connectivity index (χ0n) is 17.2. The Hall–Kier alpha value is -4.08. The molecule has 164 valence electrons. The standard InChI is InChI=1S/C22H20N4O6/c1-22(14-8-10-15(11-9-14)26(31)32)20(29)25(21(30)23-22)13-5-4-12-24-18(27)16-6-2-3-7-17(16)19(24)28/h2-3,6-11H,4-5,12-13H2,1H3,(H,23,30). The highest BCUT2D eigenvalue weighted by Gasteiger charge is 2.48. The van der Waals surface area contributed by atoms with Crippen molar-refractivity contribution in [2.75, 3.05) is 13.1 Å². The number of urea groups is 1. The van der Waals surface area contributed by atoms with E-state index in [4.69, 9.17) is 0 Å². The Morgan fingerprint density at radius 1 is 0.875 bits per heavy atom. The number of nitrogens with one attached hydrogen (secondary N) is 1. The predicted octanol–water partition coefficient (Wildman–Crippen LogP) is 2.44. The normalized spacial score (nSPS) is 20.0. The van der Waals surface area contributed by atoms with Gasteiger partial charge in [-0.05, 0) is 49.6 Å². The summed E-state index contributed by atoms with van der Waals surface area (Å²) in [6.07, 6.45) is 0.833. The van der Waals surface area contributed by atoms with Crippen LogP contribution >= 0.6 is 0 Å². The van der Waals surface area contributed by atoms with Crippen molar-refractivity contribution in [2.45, 2.75) is 25.3 Å². The van der Waals surface area contributed by atoms with E-state index in [1.807, 2.05) is 0 Å². The van der Waals surface area contributed by atoms with Crippen molar-refractivity contribution in [1.82, 2.24) is 15.1 Å². The molecule has 1 unspecified atom stereocenters. The Morgan fingerprint density at radius 2 is 1.41 bits per heavy atom. The number of carbonyl (C=O) groups is 4. The molecule has 32 heavy (non-hydrogen) atoms. The fourth-order valence-corrected chi connectivity index (χ4v) is 3.99. The van der Waals surface area contributed by atoms with Gasteiger partial charge >= 0.3 is 6.03 Å². The van der Waals surface area contributed by atoms with E-state index >= 15 is 0 Å². The van der Waals surface area contributed by atoms with Gasteiger partial charge in [0.2, 0.25) is 0 Å². The average molecular weight is 436 g/mol. The van der Waals surface area contributed by atoms with E-state index in [1.165, 1.54) is 29.2 Å². The van der Waals surface area contributed by atoms with Crippen LogP contribution in [0.25, 0.3) is 0 Å². The van der Waals surface area contributed by atoms with Crippen LogP contribution in [0.3, 0.4) is 0 Å². The maximum atomic E-state index is 13.0. The second kappa shape index (κ2) is 7.88. The van der Waals surface area contributed by atoms with Crippen LogP contribution < -0.4 is 5.32 Å². The first-order valence-corrected chi connectivity index (χ1v) is 10.1. The quantitative estimate of drug-likeness (QED) is 0.233. The molecule has 0 aliphatic carbocycles. The topological polar surface area (TPSA) is 130 Å². The first-order chi connectivity index (χ1) is 15.2. The average Bonchev–Trinajstić information content (AvgIpc) is 3.16. The molecule has 0 radical (unpaired) electrons. The monoisotopic (exact) mass is 436 g/mol. The lowest BCUT2D eigenvalue weighted by Crippen LogP contribution is -2.41. The van der Waals surface area contributed by atoms with Crippen molar-refractivity contribution in [3.63, 3.8) is 0 Å². The molecule has 0 bridgehead atoms. The van der Waals surface area contributed by atoms with Crippen molar-refractivity contribution in [3.05, 3.63) is 75.3 Å². The van der Waals surface area contributed by atoms with Crippen LogP contribution in [0, 0.1) is 10.1 Å². The number of non-ortho nitro benzene ring substituents is 1. The molecular weight excluding hydrogens is 416 g/mol. The van der Waals surface area contributed by atoms with Crippen molar-refractivity contribution < 1.29 is 24.1 Å². The van der Waals surface area contributed by atoms with Gasteiger partial charge in [-0.25, -0.2) is 4.79 Å². The zero-order valence-corrected chi connectivity index (χ0v) is 17.2. The van der Waals surface area contributed by atoms with Crippen molar-refractivity contribution in [3.8, 4) is 0 Å². The van der Waals surface area contributed by atoms with Gasteiger partial charge in [0.25, 0.3) is 23.4 Å². The highest BCUT2D eigenvalue weighted by molar-refractivity contribution is 6.21. The summed E-state index contributed by atoms with van der Waals surface area (Å²) in [5.74, 6) is -1.14. The Balaban J connectivity index is 1.36. The molecule has 1 N–H and O–H groups in total. The number of carbonyl (C=O) groups excluding carboxylic acids is 4. The van der Waals surface area contributed by atoms with E-state index in [0.717, 1.165) is 4.90 Å². The minimum Gasteiger partial charge on any atom is -0.319 e. The Bertz CT molecular complexity index is 1110. The van der Waals surface area contributed by atoms with Crippen LogP contribution in [0.1, 0.15) is 46.0 Å². The van der Waals surface area contributed by atoms with Gasteiger partial charge in [0, 0.05) is 25.2 Å². The minimum absolute atomic E-state index is 0.112. The first-order valence-electron chi connectivity index (χ1n) is 10.1. The number of nitro benzene ring substituents is 1. The SMILES string of the molecule is CC1(c2ccc([N+](=O)[O-])cc2)NC(=O)N(CCCCN2C(=O)c3ccccc3C2=O)C1=O. The van der Waals surface area contributed by atoms with Crippen molar-refractivity contribution in [2.24, 2.45) is 0 Å². The van der Waals surface area contributed by atoms with Crippen molar-refractivity contribution >= 4 is 29.4 Å². The highest BCUT2D eigenvalue weighted by Crippen LogP contribution is 2.30. The van der Waals surface area contributed by atoms with E-state index in [1.54, 1.807) is 31.2 Å². The van der Waals surface area contributed by atoms with E-state index in [-0.39, 0.29) is 30.6 Å². The molecule has 0 aromatic heterocycles. The summed E-state index contributed by atoms with van der Waals surface area (Å²) in [5, 5.41) is 13.5. The van der Waals surface area contributed by atoms with E-state index in [9.17, 15) is 29.3 Å². The van der Waals surface area contributed by atoms with Crippen LogP contribution in [0.4, 0.5) is 10.5 Å². The first kappa shape index (κ1) is 21.2. The molecular formula is C22H20N4O6. The molecule has 0 saturated carbocycles. The van der Waals surface area contributed by atoms with Crippen LogP contribution in [0.2, 0.25) is 0 Å². The summed E-state index contributed by atoms with van der Waals surface area (Å²) >= 11 is 0. The highest BCUT2D eigenvalue weighted by atomic mass is 16.6. The number of benzene rings is 2. The molecule has 10 nitrogen and oxygen atoms in total. The van der Waals surface area contributed by atoms with Crippen LogP contribution in [0.15, 0.2) is 48.5 Å².